The van der Waals surface area contributed by atoms with Crippen LogP contribution in [-0.4, -0.2) is 26.8 Å². The van der Waals surface area contributed by atoms with Crippen molar-refractivity contribution in [3.8, 4) is 0 Å². The Bertz CT molecular complexity index is 451. The molecule has 17 heavy (non-hydrogen) atoms. The molecule has 1 saturated carbocycles. The first kappa shape index (κ1) is 11.8. The van der Waals surface area contributed by atoms with Gasteiger partial charge in [-0.3, -0.25) is 0 Å². The Balaban J connectivity index is 1.94. The molecular weight excluding hydrogens is 257 g/mol. The van der Waals surface area contributed by atoms with Crippen molar-refractivity contribution < 1.29 is 4.74 Å². The summed E-state index contributed by atoms with van der Waals surface area (Å²) < 4.78 is 5.32. The smallest absolute Gasteiger partial charge is 0.0595 e. The molecule has 0 unspecified atom stereocenters. The highest BCUT2D eigenvalue weighted by atomic mass is 35.5. The largest absolute Gasteiger partial charge is 0.384 e. The predicted octanol–water partition coefficient (Wildman–Crippen LogP) is 2.73. The first-order valence-electron chi connectivity index (χ1n) is 5.85. The molecule has 2 aliphatic rings. The number of methoxy groups -OCH3 is 1. The minimum atomic E-state index is 0.226. The Kier molecular flexibility index (Phi) is 2.86. The highest BCUT2D eigenvalue weighted by molar-refractivity contribution is 6.42. The molecule has 0 bridgehead atoms. The zero-order valence-electron chi connectivity index (χ0n) is 9.67. The van der Waals surface area contributed by atoms with Gasteiger partial charge in [0.2, 0.25) is 0 Å². The number of ether oxygens (including phenoxy) is 1. The summed E-state index contributed by atoms with van der Waals surface area (Å²) in [5.41, 5.74) is 1.52. The van der Waals surface area contributed by atoms with Gasteiger partial charge in [0.15, 0.2) is 0 Å². The van der Waals surface area contributed by atoms with E-state index < -0.39 is 0 Å². The van der Waals surface area contributed by atoms with Crippen LogP contribution in [0.15, 0.2) is 18.2 Å². The molecule has 1 aromatic rings. The topological polar surface area (TPSA) is 21.3 Å². The molecular formula is C13H15Cl2NO. The van der Waals surface area contributed by atoms with Crippen molar-refractivity contribution in [2.45, 2.75) is 5.41 Å². The molecule has 4 heteroatoms. The van der Waals surface area contributed by atoms with Crippen molar-refractivity contribution in [1.29, 1.82) is 0 Å². The number of piperidine rings is 1. The van der Waals surface area contributed by atoms with E-state index >= 15 is 0 Å². The average Bonchev–Trinajstić information content (AvgIpc) is 2.72. The van der Waals surface area contributed by atoms with Crippen LogP contribution in [0.2, 0.25) is 10.0 Å². The monoisotopic (exact) mass is 271 g/mol. The van der Waals surface area contributed by atoms with E-state index in [2.05, 4.69) is 11.4 Å². The van der Waals surface area contributed by atoms with E-state index in [0.29, 0.717) is 21.9 Å². The highest BCUT2D eigenvalue weighted by Gasteiger charge is 2.67. The Morgan fingerprint density at radius 2 is 2.24 bits per heavy atom. The second-order valence-electron chi connectivity index (χ2n) is 4.97. The van der Waals surface area contributed by atoms with Gasteiger partial charge in [0.05, 0.1) is 16.7 Å². The van der Waals surface area contributed by atoms with Crippen molar-refractivity contribution in [1.82, 2.24) is 5.32 Å². The second-order valence-corrected chi connectivity index (χ2v) is 5.78. The van der Waals surface area contributed by atoms with Gasteiger partial charge in [0, 0.05) is 19.1 Å². The summed E-state index contributed by atoms with van der Waals surface area (Å²) >= 11 is 12.1. The Labute approximate surface area is 111 Å². The van der Waals surface area contributed by atoms with Crippen LogP contribution in [0.4, 0.5) is 0 Å². The SMILES string of the molecule is COC[C@@H]1[C@H]2CNC[C@@]21c1ccc(Cl)c(Cl)c1. The average molecular weight is 272 g/mol. The summed E-state index contributed by atoms with van der Waals surface area (Å²) in [6.45, 7) is 2.92. The number of hydrogen-bond acceptors (Lipinski definition) is 2. The standard InChI is InChI=1S/C13H15Cl2NO/c1-17-6-10-9-5-16-7-13(9,10)8-2-3-11(14)12(15)4-8/h2-4,9-10,16H,5-7H2,1H3/t9-,10-,13-/m1/s1. The molecule has 0 spiro atoms. The van der Waals surface area contributed by atoms with Crippen molar-refractivity contribution >= 4 is 23.2 Å². The molecule has 1 N–H and O–H groups in total. The van der Waals surface area contributed by atoms with Crippen LogP contribution in [0.5, 0.6) is 0 Å². The first-order chi connectivity index (χ1) is 8.20. The molecule has 0 aromatic heterocycles. The molecule has 3 rings (SSSR count). The van der Waals surface area contributed by atoms with E-state index in [-0.39, 0.29) is 5.41 Å². The molecule has 3 atom stereocenters. The number of halogens is 2. The number of rotatable bonds is 3. The van der Waals surface area contributed by atoms with Gasteiger partial charge in [-0.2, -0.15) is 0 Å². The van der Waals surface area contributed by atoms with Gasteiger partial charge in [-0.25, -0.2) is 0 Å². The van der Waals surface area contributed by atoms with Gasteiger partial charge in [-0.1, -0.05) is 29.3 Å². The number of fused-ring (bicyclic) bond motifs is 1. The molecule has 2 nitrogen and oxygen atoms in total. The minimum absolute atomic E-state index is 0.226. The van der Waals surface area contributed by atoms with Gasteiger partial charge < -0.3 is 10.1 Å². The third-order valence-electron chi connectivity index (χ3n) is 4.28. The van der Waals surface area contributed by atoms with Crippen LogP contribution in [0, 0.1) is 11.8 Å². The second kappa shape index (κ2) is 4.13. The quantitative estimate of drug-likeness (QED) is 0.913. The lowest BCUT2D eigenvalue weighted by Crippen LogP contribution is -2.25. The lowest BCUT2D eigenvalue weighted by atomic mass is 9.93. The molecule has 1 saturated heterocycles. The molecule has 2 fully saturated rings. The van der Waals surface area contributed by atoms with E-state index in [0.717, 1.165) is 19.7 Å². The molecule has 0 amide bonds. The Hall–Kier alpha value is -0.280. The number of hydrogen-bond donors (Lipinski definition) is 1. The van der Waals surface area contributed by atoms with Gasteiger partial charge in [-0.05, 0) is 36.1 Å². The van der Waals surface area contributed by atoms with Crippen LogP contribution < -0.4 is 5.32 Å². The lowest BCUT2D eigenvalue weighted by Gasteiger charge is -2.16. The van der Waals surface area contributed by atoms with Gasteiger partial charge in [0.1, 0.15) is 0 Å². The molecule has 92 valence electrons. The summed E-state index contributed by atoms with van der Waals surface area (Å²) in [5, 5.41) is 4.72. The van der Waals surface area contributed by atoms with Crippen molar-refractivity contribution in [2.24, 2.45) is 11.8 Å². The fourth-order valence-corrected chi connectivity index (χ4v) is 3.68. The van der Waals surface area contributed by atoms with Crippen molar-refractivity contribution in [3.05, 3.63) is 33.8 Å². The summed E-state index contributed by atoms with van der Waals surface area (Å²) in [5.74, 6) is 1.30. The zero-order valence-corrected chi connectivity index (χ0v) is 11.2. The molecule has 1 heterocycles. The van der Waals surface area contributed by atoms with Crippen molar-refractivity contribution in [2.75, 3.05) is 26.8 Å². The molecule has 1 aromatic carbocycles. The van der Waals surface area contributed by atoms with Crippen LogP contribution in [0.25, 0.3) is 0 Å². The predicted molar refractivity (Wildman–Crippen MR) is 69.9 cm³/mol. The van der Waals surface area contributed by atoms with E-state index in [9.17, 15) is 0 Å². The van der Waals surface area contributed by atoms with Gasteiger partial charge in [-0.15, -0.1) is 0 Å². The van der Waals surface area contributed by atoms with Gasteiger partial charge in [0.25, 0.3) is 0 Å². The van der Waals surface area contributed by atoms with Crippen LogP contribution in [0.1, 0.15) is 5.56 Å². The summed E-state index contributed by atoms with van der Waals surface area (Å²) in [6.07, 6.45) is 0. The minimum Gasteiger partial charge on any atom is -0.384 e. The molecule has 1 aliphatic heterocycles. The third kappa shape index (κ3) is 1.62. The number of benzene rings is 1. The van der Waals surface area contributed by atoms with E-state index in [4.69, 9.17) is 27.9 Å². The maximum absolute atomic E-state index is 6.11. The lowest BCUT2D eigenvalue weighted by molar-refractivity contribution is 0.172. The van der Waals surface area contributed by atoms with Crippen LogP contribution in [0.3, 0.4) is 0 Å². The third-order valence-corrected chi connectivity index (χ3v) is 5.02. The van der Waals surface area contributed by atoms with E-state index in [1.54, 1.807) is 7.11 Å². The van der Waals surface area contributed by atoms with E-state index in [1.165, 1.54) is 5.56 Å². The normalized spacial score (nSPS) is 34.8. The number of nitrogens with one attached hydrogen (secondary N) is 1. The summed E-state index contributed by atoms with van der Waals surface area (Å²) in [6, 6.07) is 6.01. The van der Waals surface area contributed by atoms with Crippen LogP contribution >= 0.6 is 23.2 Å². The van der Waals surface area contributed by atoms with E-state index in [1.807, 2.05) is 12.1 Å². The Morgan fingerprint density at radius 3 is 2.94 bits per heavy atom. The molecule has 1 aliphatic carbocycles. The maximum atomic E-state index is 6.11. The summed E-state index contributed by atoms with van der Waals surface area (Å²) in [4.78, 5) is 0. The fraction of sp³-hybridized carbons (Fsp3) is 0.538. The summed E-state index contributed by atoms with van der Waals surface area (Å²) in [7, 11) is 1.77. The molecule has 0 radical (unpaired) electrons. The fourth-order valence-electron chi connectivity index (χ4n) is 3.39. The van der Waals surface area contributed by atoms with Crippen molar-refractivity contribution in [3.63, 3.8) is 0 Å². The zero-order chi connectivity index (χ0) is 12.0. The maximum Gasteiger partial charge on any atom is 0.0595 e. The highest BCUT2D eigenvalue weighted by Crippen LogP contribution is 2.62. The van der Waals surface area contributed by atoms with Gasteiger partial charge >= 0.3 is 0 Å². The Morgan fingerprint density at radius 1 is 1.41 bits per heavy atom. The van der Waals surface area contributed by atoms with Crippen LogP contribution in [-0.2, 0) is 10.2 Å². The first-order valence-corrected chi connectivity index (χ1v) is 6.61.